The van der Waals surface area contributed by atoms with E-state index in [0.29, 0.717) is 18.5 Å². The second kappa shape index (κ2) is 9.58. The van der Waals surface area contributed by atoms with E-state index in [0.717, 1.165) is 22.5 Å². The molecular weight excluding hydrogens is 438 g/mol. The van der Waals surface area contributed by atoms with Gasteiger partial charge >= 0.3 is 0 Å². The van der Waals surface area contributed by atoms with Gasteiger partial charge in [-0.25, -0.2) is 0 Å². The Hall–Kier alpha value is -4.19. The summed E-state index contributed by atoms with van der Waals surface area (Å²) >= 11 is 0. The highest BCUT2D eigenvalue weighted by Gasteiger charge is 2.39. The van der Waals surface area contributed by atoms with Crippen LogP contribution in [-0.2, 0) is 4.79 Å². The molecule has 176 valence electrons. The summed E-state index contributed by atoms with van der Waals surface area (Å²) in [6, 6.07) is 28.5. The van der Waals surface area contributed by atoms with Crippen LogP contribution in [0.5, 0.6) is 0 Å². The van der Waals surface area contributed by atoms with E-state index in [1.165, 1.54) is 0 Å². The monoisotopic (exact) mass is 465 g/mol. The molecule has 0 saturated heterocycles. The number of anilines is 2. The standard InChI is InChI=1S/C29H27N3O3/c1-3-28(33)32(22-14-8-5-9-15-22)26-18-20(2)31(25-17-11-10-16-23(25)26)29(34)27-19-24(30-35-27)21-12-6-4-7-13-21/h4-17,19-20,26H,3,18H2,1-2H3/t20-,26+/m1/s1. The fourth-order valence-corrected chi connectivity index (χ4v) is 4.83. The molecule has 5 rings (SSSR count). The molecule has 0 aliphatic carbocycles. The second-order valence-corrected chi connectivity index (χ2v) is 8.73. The minimum atomic E-state index is -0.244. The number of carbonyl (C=O) groups is 2. The molecule has 6 heteroatoms. The first-order chi connectivity index (χ1) is 17.1. The van der Waals surface area contributed by atoms with Gasteiger partial charge in [-0.1, -0.05) is 78.8 Å². The van der Waals surface area contributed by atoms with Gasteiger partial charge in [0.1, 0.15) is 5.69 Å². The molecule has 0 saturated carbocycles. The van der Waals surface area contributed by atoms with Crippen LogP contribution < -0.4 is 9.80 Å². The Morgan fingerprint density at radius 2 is 1.63 bits per heavy atom. The lowest BCUT2D eigenvalue weighted by Gasteiger charge is -2.43. The molecule has 4 aromatic rings. The first kappa shape index (κ1) is 22.6. The Labute approximate surface area is 204 Å². The topological polar surface area (TPSA) is 66.7 Å². The van der Waals surface area contributed by atoms with Crippen LogP contribution in [0.15, 0.2) is 95.5 Å². The lowest BCUT2D eigenvalue weighted by molar-refractivity contribution is -0.118. The van der Waals surface area contributed by atoms with Crippen LogP contribution in [0.3, 0.4) is 0 Å². The summed E-state index contributed by atoms with van der Waals surface area (Å²) < 4.78 is 5.49. The van der Waals surface area contributed by atoms with E-state index in [9.17, 15) is 9.59 Å². The van der Waals surface area contributed by atoms with Crippen molar-refractivity contribution in [2.45, 2.75) is 38.8 Å². The largest absolute Gasteiger partial charge is 0.350 e. The number of amides is 2. The molecule has 0 radical (unpaired) electrons. The van der Waals surface area contributed by atoms with Crippen LogP contribution in [0.2, 0.25) is 0 Å². The summed E-state index contributed by atoms with van der Waals surface area (Å²) in [7, 11) is 0. The third-order valence-electron chi connectivity index (χ3n) is 6.49. The maximum absolute atomic E-state index is 13.7. The van der Waals surface area contributed by atoms with E-state index < -0.39 is 0 Å². The SMILES string of the molecule is CCC(=O)N(c1ccccc1)[C@H]1C[C@@H](C)N(C(=O)c2cc(-c3ccccc3)no2)c2ccccc21. The molecule has 2 heterocycles. The number of benzene rings is 3. The Kier molecular flexibility index (Phi) is 6.19. The fraction of sp³-hybridized carbons (Fsp3) is 0.207. The fourth-order valence-electron chi connectivity index (χ4n) is 4.83. The normalized spacial score (nSPS) is 17.0. The average molecular weight is 466 g/mol. The third kappa shape index (κ3) is 4.23. The molecule has 0 N–H and O–H groups in total. The van der Waals surface area contributed by atoms with E-state index in [1.807, 2.05) is 104 Å². The van der Waals surface area contributed by atoms with Gasteiger partial charge in [0.05, 0.1) is 6.04 Å². The molecule has 0 bridgehead atoms. The van der Waals surface area contributed by atoms with Crippen molar-refractivity contribution in [3.63, 3.8) is 0 Å². The van der Waals surface area contributed by atoms with Crippen LogP contribution in [-0.4, -0.2) is 23.0 Å². The third-order valence-corrected chi connectivity index (χ3v) is 6.49. The summed E-state index contributed by atoms with van der Waals surface area (Å²) in [6.45, 7) is 3.88. The van der Waals surface area contributed by atoms with E-state index in [1.54, 1.807) is 11.0 Å². The smallest absolute Gasteiger partial charge is 0.297 e. The van der Waals surface area contributed by atoms with Crippen molar-refractivity contribution < 1.29 is 14.1 Å². The molecule has 6 nitrogen and oxygen atoms in total. The van der Waals surface area contributed by atoms with E-state index in [2.05, 4.69) is 5.16 Å². The average Bonchev–Trinajstić information content (AvgIpc) is 3.40. The molecule has 0 fully saturated rings. The minimum absolute atomic E-state index is 0.0470. The number of carbonyl (C=O) groups excluding carboxylic acids is 2. The van der Waals surface area contributed by atoms with Gasteiger partial charge in [0.15, 0.2) is 0 Å². The Balaban J connectivity index is 1.52. The Morgan fingerprint density at radius 1 is 0.971 bits per heavy atom. The molecule has 0 spiro atoms. The quantitative estimate of drug-likeness (QED) is 0.349. The van der Waals surface area contributed by atoms with Crippen molar-refractivity contribution in [2.24, 2.45) is 0 Å². The lowest BCUT2D eigenvalue weighted by Crippen LogP contribution is -2.47. The molecular formula is C29H27N3O3. The van der Waals surface area contributed by atoms with Gasteiger partial charge in [0.2, 0.25) is 11.7 Å². The summed E-state index contributed by atoms with van der Waals surface area (Å²) in [4.78, 5) is 30.4. The molecule has 1 aromatic heterocycles. The summed E-state index contributed by atoms with van der Waals surface area (Å²) in [5.74, 6) is -0.00890. The van der Waals surface area contributed by atoms with Gasteiger partial charge in [-0.05, 0) is 37.1 Å². The van der Waals surface area contributed by atoms with Crippen molar-refractivity contribution in [3.8, 4) is 11.3 Å². The molecule has 3 aromatic carbocycles. The second-order valence-electron chi connectivity index (χ2n) is 8.73. The zero-order valence-electron chi connectivity index (χ0n) is 19.8. The lowest BCUT2D eigenvalue weighted by atomic mass is 9.89. The van der Waals surface area contributed by atoms with Gasteiger partial charge in [0, 0.05) is 35.5 Å². The van der Waals surface area contributed by atoms with Gasteiger partial charge in [-0.3, -0.25) is 9.59 Å². The zero-order valence-corrected chi connectivity index (χ0v) is 19.8. The molecule has 35 heavy (non-hydrogen) atoms. The highest BCUT2D eigenvalue weighted by Crippen LogP contribution is 2.43. The van der Waals surface area contributed by atoms with Crippen molar-refractivity contribution in [1.82, 2.24) is 5.16 Å². The first-order valence-electron chi connectivity index (χ1n) is 11.9. The van der Waals surface area contributed by atoms with Crippen LogP contribution in [0.1, 0.15) is 48.8 Å². The molecule has 0 unspecified atom stereocenters. The first-order valence-corrected chi connectivity index (χ1v) is 11.9. The van der Waals surface area contributed by atoms with Crippen LogP contribution in [0.25, 0.3) is 11.3 Å². The van der Waals surface area contributed by atoms with Crippen molar-refractivity contribution in [1.29, 1.82) is 0 Å². The summed E-state index contributed by atoms with van der Waals surface area (Å²) in [5, 5.41) is 4.13. The predicted molar refractivity (Wildman–Crippen MR) is 136 cm³/mol. The maximum Gasteiger partial charge on any atom is 0.297 e. The van der Waals surface area contributed by atoms with Crippen molar-refractivity contribution >= 4 is 23.2 Å². The van der Waals surface area contributed by atoms with Crippen LogP contribution in [0, 0.1) is 0 Å². The molecule has 2 atom stereocenters. The van der Waals surface area contributed by atoms with Gasteiger partial charge < -0.3 is 14.3 Å². The number of rotatable bonds is 5. The Morgan fingerprint density at radius 3 is 2.34 bits per heavy atom. The predicted octanol–water partition coefficient (Wildman–Crippen LogP) is 6.26. The number of nitrogens with zero attached hydrogens (tertiary/aromatic N) is 3. The van der Waals surface area contributed by atoms with Gasteiger partial charge in [-0.2, -0.15) is 0 Å². The summed E-state index contributed by atoms with van der Waals surface area (Å²) in [6.07, 6.45) is 0.994. The minimum Gasteiger partial charge on any atom is -0.350 e. The van der Waals surface area contributed by atoms with Crippen LogP contribution >= 0.6 is 0 Å². The highest BCUT2D eigenvalue weighted by atomic mass is 16.5. The van der Waals surface area contributed by atoms with E-state index in [-0.39, 0.29) is 29.7 Å². The number of fused-ring (bicyclic) bond motifs is 1. The molecule has 1 aliphatic heterocycles. The zero-order chi connectivity index (χ0) is 24.4. The summed E-state index contributed by atoms with van der Waals surface area (Å²) in [5.41, 5.74) is 4.08. The molecule has 1 aliphatic rings. The number of hydrogen-bond acceptors (Lipinski definition) is 4. The van der Waals surface area contributed by atoms with Gasteiger partial charge in [-0.15, -0.1) is 0 Å². The van der Waals surface area contributed by atoms with Crippen molar-refractivity contribution in [2.75, 3.05) is 9.80 Å². The number of para-hydroxylation sites is 2. The highest BCUT2D eigenvalue weighted by molar-refractivity contribution is 6.06. The Bertz CT molecular complexity index is 1330. The van der Waals surface area contributed by atoms with E-state index >= 15 is 0 Å². The number of aromatic nitrogens is 1. The molecule has 2 amide bonds. The van der Waals surface area contributed by atoms with Crippen LogP contribution in [0.4, 0.5) is 11.4 Å². The van der Waals surface area contributed by atoms with E-state index in [4.69, 9.17) is 4.52 Å². The maximum atomic E-state index is 13.7. The van der Waals surface area contributed by atoms with Gasteiger partial charge in [0.25, 0.3) is 5.91 Å². The van der Waals surface area contributed by atoms with Crippen molar-refractivity contribution in [3.05, 3.63) is 102 Å². The number of hydrogen-bond donors (Lipinski definition) is 0.